The van der Waals surface area contributed by atoms with Gasteiger partial charge in [-0.2, -0.15) is 0 Å². The van der Waals surface area contributed by atoms with Crippen LogP contribution in [0, 0.1) is 5.41 Å². The van der Waals surface area contributed by atoms with Gasteiger partial charge in [-0.05, 0) is 18.3 Å². The van der Waals surface area contributed by atoms with E-state index in [-0.39, 0.29) is 6.04 Å². The summed E-state index contributed by atoms with van der Waals surface area (Å²) in [6.07, 6.45) is 10.3. The fourth-order valence-electron chi connectivity index (χ4n) is 2.90. The second-order valence-corrected chi connectivity index (χ2v) is 6.37. The third-order valence-electron chi connectivity index (χ3n) is 4.21. The Bertz CT molecular complexity index is 479. The van der Waals surface area contributed by atoms with Crippen LogP contribution in [0.3, 0.4) is 0 Å². The van der Waals surface area contributed by atoms with Gasteiger partial charge in [0.05, 0.1) is 5.69 Å². The van der Waals surface area contributed by atoms with Gasteiger partial charge in [-0.1, -0.05) is 19.8 Å². The van der Waals surface area contributed by atoms with Crippen molar-refractivity contribution in [2.24, 2.45) is 11.1 Å². The van der Waals surface area contributed by atoms with Crippen molar-refractivity contribution in [3.63, 3.8) is 0 Å². The minimum atomic E-state index is 0.245. The monoisotopic (exact) mass is 249 g/mol. The molecule has 4 heteroatoms. The van der Waals surface area contributed by atoms with E-state index in [2.05, 4.69) is 34.1 Å². The van der Waals surface area contributed by atoms with Gasteiger partial charge in [-0.25, -0.2) is 4.98 Å². The molecule has 3 nitrogen and oxygen atoms in total. The van der Waals surface area contributed by atoms with Crippen LogP contribution in [0.1, 0.15) is 38.3 Å². The number of aromatic nitrogens is 2. The molecule has 0 radical (unpaired) electrons. The van der Waals surface area contributed by atoms with Crippen LogP contribution >= 0.6 is 11.3 Å². The first kappa shape index (κ1) is 11.2. The van der Waals surface area contributed by atoms with E-state index in [9.17, 15) is 0 Å². The number of rotatable bonds is 3. The number of hydrogen-bond donors (Lipinski definition) is 1. The highest BCUT2D eigenvalue weighted by molar-refractivity contribution is 7.15. The van der Waals surface area contributed by atoms with Gasteiger partial charge < -0.3 is 5.73 Å². The zero-order valence-corrected chi connectivity index (χ0v) is 11.0. The Morgan fingerprint density at radius 1 is 1.53 bits per heavy atom. The Morgan fingerprint density at radius 3 is 3.00 bits per heavy atom. The number of hydrogen-bond acceptors (Lipinski definition) is 3. The minimum absolute atomic E-state index is 0.245. The summed E-state index contributed by atoms with van der Waals surface area (Å²) in [5, 5.41) is 2.06. The Labute approximate surface area is 106 Å². The second kappa shape index (κ2) is 4.10. The van der Waals surface area contributed by atoms with E-state index in [1.165, 1.54) is 25.7 Å². The molecule has 1 unspecified atom stereocenters. The van der Waals surface area contributed by atoms with Crippen molar-refractivity contribution in [3.05, 3.63) is 23.5 Å². The van der Waals surface area contributed by atoms with E-state index in [1.54, 1.807) is 11.3 Å². The zero-order chi connectivity index (χ0) is 11.9. The molecule has 0 amide bonds. The average molecular weight is 249 g/mol. The van der Waals surface area contributed by atoms with Crippen molar-refractivity contribution < 1.29 is 0 Å². The van der Waals surface area contributed by atoms with Crippen LogP contribution in [0.4, 0.5) is 0 Å². The quantitative estimate of drug-likeness (QED) is 0.909. The second-order valence-electron chi connectivity index (χ2n) is 5.50. The van der Waals surface area contributed by atoms with Crippen LogP contribution in [-0.2, 0) is 6.42 Å². The Balaban J connectivity index is 1.76. The Morgan fingerprint density at radius 2 is 2.29 bits per heavy atom. The van der Waals surface area contributed by atoms with Gasteiger partial charge in [-0.15, -0.1) is 11.3 Å². The number of nitrogens with zero attached hydrogens (tertiary/aromatic N) is 2. The topological polar surface area (TPSA) is 43.3 Å². The highest BCUT2D eigenvalue weighted by atomic mass is 32.1. The van der Waals surface area contributed by atoms with Gasteiger partial charge in [0.1, 0.15) is 0 Å². The lowest BCUT2D eigenvalue weighted by atomic mass is 9.79. The highest BCUT2D eigenvalue weighted by Gasteiger charge is 2.35. The molecule has 92 valence electrons. The van der Waals surface area contributed by atoms with Gasteiger partial charge in [0, 0.05) is 30.2 Å². The van der Waals surface area contributed by atoms with Gasteiger partial charge in [0.2, 0.25) is 0 Å². The summed E-state index contributed by atoms with van der Waals surface area (Å²) in [6.45, 7) is 2.34. The lowest BCUT2D eigenvalue weighted by Gasteiger charge is -2.30. The maximum Gasteiger partial charge on any atom is 0.193 e. The van der Waals surface area contributed by atoms with Gasteiger partial charge in [0.15, 0.2) is 4.96 Å². The summed E-state index contributed by atoms with van der Waals surface area (Å²) in [7, 11) is 0. The molecule has 0 aliphatic heterocycles. The van der Waals surface area contributed by atoms with Crippen LogP contribution in [-0.4, -0.2) is 15.4 Å². The van der Waals surface area contributed by atoms with Crippen molar-refractivity contribution in [2.45, 2.75) is 45.1 Å². The van der Waals surface area contributed by atoms with E-state index in [4.69, 9.17) is 5.73 Å². The Kier molecular flexibility index (Phi) is 2.71. The van der Waals surface area contributed by atoms with E-state index in [1.807, 2.05) is 0 Å². The van der Waals surface area contributed by atoms with Gasteiger partial charge in [0.25, 0.3) is 0 Å². The number of fused-ring (bicyclic) bond motifs is 1. The molecular formula is C13H19N3S. The molecule has 1 atom stereocenters. The summed E-state index contributed by atoms with van der Waals surface area (Å²) in [4.78, 5) is 5.69. The molecule has 0 aromatic carbocycles. The van der Waals surface area contributed by atoms with Crippen molar-refractivity contribution >= 4 is 16.3 Å². The zero-order valence-electron chi connectivity index (χ0n) is 10.2. The van der Waals surface area contributed by atoms with Crippen molar-refractivity contribution in [1.29, 1.82) is 0 Å². The van der Waals surface area contributed by atoms with E-state index >= 15 is 0 Å². The summed E-state index contributed by atoms with van der Waals surface area (Å²) in [5.74, 6) is 0. The lowest BCUT2D eigenvalue weighted by molar-refractivity contribution is 0.259. The number of nitrogens with two attached hydrogens (primary N) is 1. The summed E-state index contributed by atoms with van der Waals surface area (Å²) < 4.78 is 2.09. The lowest BCUT2D eigenvalue weighted by Crippen LogP contribution is -2.39. The van der Waals surface area contributed by atoms with E-state index < -0.39 is 0 Å². The maximum absolute atomic E-state index is 6.39. The normalized spacial score (nSPS) is 21.1. The number of thiazole rings is 1. The molecule has 0 spiro atoms. The third kappa shape index (κ3) is 2.00. The standard InChI is InChI=1S/C13H19N3S/c1-13(4-2-3-5-13)11(14)8-10-9-16-6-7-17-12(16)15-10/h6-7,9,11H,2-5,8,14H2,1H3. The number of imidazole rings is 1. The fourth-order valence-corrected chi connectivity index (χ4v) is 3.62. The Hall–Kier alpha value is -0.870. The molecule has 2 heterocycles. The summed E-state index contributed by atoms with van der Waals surface area (Å²) >= 11 is 1.68. The summed E-state index contributed by atoms with van der Waals surface area (Å²) in [5.41, 5.74) is 7.86. The SMILES string of the molecule is CC1(C(N)Cc2cn3ccsc3n2)CCCC1. The van der Waals surface area contributed by atoms with Gasteiger partial charge in [-0.3, -0.25) is 4.40 Å². The van der Waals surface area contributed by atoms with Crippen LogP contribution in [0.15, 0.2) is 17.8 Å². The van der Waals surface area contributed by atoms with Crippen LogP contribution in [0.2, 0.25) is 0 Å². The van der Waals surface area contributed by atoms with Crippen LogP contribution in [0.5, 0.6) is 0 Å². The maximum atomic E-state index is 6.39. The van der Waals surface area contributed by atoms with Crippen molar-refractivity contribution in [1.82, 2.24) is 9.38 Å². The highest BCUT2D eigenvalue weighted by Crippen LogP contribution is 2.40. The first-order chi connectivity index (χ1) is 8.17. The van der Waals surface area contributed by atoms with Crippen LogP contribution in [0.25, 0.3) is 4.96 Å². The predicted molar refractivity (Wildman–Crippen MR) is 71.3 cm³/mol. The van der Waals surface area contributed by atoms with Gasteiger partial charge >= 0.3 is 0 Å². The summed E-state index contributed by atoms with van der Waals surface area (Å²) in [6, 6.07) is 0.245. The molecule has 2 aromatic rings. The van der Waals surface area contributed by atoms with Crippen molar-refractivity contribution in [3.8, 4) is 0 Å². The molecule has 1 fully saturated rings. The van der Waals surface area contributed by atoms with E-state index in [0.29, 0.717) is 5.41 Å². The van der Waals surface area contributed by atoms with Crippen LogP contribution < -0.4 is 5.73 Å². The fraction of sp³-hybridized carbons (Fsp3) is 0.615. The predicted octanol–water partition coefficient (Wildman–Crippen LogP) is 2.85. The third-order valence-corrected chi connectivity index (χ3v) is 4.98. The minimum Gasteiger partial charge on any atom is -0.327 e. The van der Waals surface area contributed by atoms with E-state index in [0.717, 1.165) is 17.1 Å². The molecule has 2 aromatic heterocycles. The average Bonchev–Trinajstić information content (AvgIpc) is 2.93. The molecular weight excluding hydrogens is 230 g/mol. The molecule has 1 aliphatic rings. The first-order valence-electron chi connectivity index (χ1n) is 6.34. The molecule has 17 heavy (non-hydrogen) atoms. The largest absolute Gasteiger partial charge is 0.327 e. The smallest absolute Gasteiger partial charge is 0.193 e. The molecule has 1 saturated carbocycles. The molecule has 1 aliphatic carbocycles. The molecule has 3 rings (SSSR count). The molecule has 0 saturated heterocycles. The first-order valence-corrected chi connectivity index (χ1v) is 7.22. The molecule has 0 bridgehead atoms. The molecule has 2 N–H and O–H groups in total. The van der Waals surface area contributed by atoms with Crippen molar-refractivity contribution in [2.75, 3.05) is 0 Å².